The number of halogens is 4. The van der Waals surface area contributed by atoms with Gasteiger partial charge in [0.15, 0.2) is 17.4 Å². The zero-order valence-electron chi connectivity index (χ0n) is 14.5. The fourth-order valence-electron chi connectivity index (χ4n) is 2.36. The van der Waals surface area contributed by atoms with Gasteiger partial charge in [0.05, 0.1) is 18.7 Å². The van der Waals surface area contributed by atoms with Gasteiger partial charge in [-0.25, -0.2) is 0 Å². The molecule has 0 aromatic carbocycles. The van der Waals surface area contributed by atoms with Crippen LogP contribution < -0.4 is 10.6 Å². The van der Waals surface area contributed by atoms with E-state index in [-0.39, 0.29) is 30.5 Å². The van der Waals surface area contributed by atoms with Gasteiger partial charge in [0, 0.05) is 23.0 Å². The van der Waals surface area contributed by atoms with Gasteiger partial charge < -0.3 is 10.6 Å². The smallest absolute Gasteiger partial charge is 0.352 e. The predicted octanol–water partition coefficient (Wildman–Crippen LogP) is 3.60. The normalized spacial score (nSPS) is 12.1. The molecule has 0 saturated carbocycles. The van der Waals surface area contributed by atoms with Crippen LogP contribution in [-0.4, -0.2) is 27.6 Å². The second-order valence-corrected chi connectivity index (χ2v) is 6.92. The van der Waals surface area contributed by atoms with Crippen molar-refractivity contribution in [1.29, 1.82) is 0 Å². The van der Waals surface area contributed by atoms with E-state index in [0.717, 1.165) is 17.1 Å². The molecule has 0 radical (unpaired) electrons. The zero-order valence-corrected chi connectivity index (χ0v) is 17.7. The number of hydrogen-bond acceptors (Lipinski definition) is 4. The van der Waals surface area contributed by atoms with Gasteiger partial charge in [-0.2, -0.15) is 13.2 Å². The number of thiophene rings is 1. The van der Waals surface area contributed by atoms with Crippen LogP contribution in [0.2, 0.25) is 0 Å². The number of fused-ring (bicyclic) bond motifs is 1. The molecule has 0 fully saturated rings. The van der Waals surface area contributed by atoms with Gasteiger partial charge in [-0.05, 0) is 31.2 Å². The van der Waals surface area contributed by atoms with E-state index in [0.29, 0.717) is 24.0 Å². The molecule has 0 amide bonds. The largest absolute Gasteiger partial charge is 0.417 e. The molecule has 3 heterocycles. The standard InChI is InChI=1S/C16H17F3N6S.HI/c1-10-3-5-12(26-10)7-21-15(20-2)22-8-14-24-23-13-6-4-11(9-25(13)14)16(17,18)19;/h3-6,9H,7-8H2,1-2H3,(H2,20,21,22);1H. The Morgan fingerprint density at radius 2 is 1.89 bits per heavy atom. The number of aryl methyl sites for hydroxylation is 1. The van der Waals surface area contributed by atoms with Gasteiger partial charge >= 0.3 is 6.18 Å². The number of guanidine groups is 1. The lowest BCUT2D eigenvalue weighted by Gasteiger charge is -2.11. The number of aliphatic imine (C=N–C) groups is 1. The van der Waals surface area contributed by atoms with Crippen molar-refractivity contribution in [3.63, 3.8) is 0 Å². The van der Waals surface area contributed by atoms with Crippen molar-refractivity contribution in [2.45, 2.75) is 26.2 Å². The molecule has 3 aromatic rings. The van der Waals surface area contributed by atoms with Crippen LogP contribution in [0.1, 0.15) is 21.1 Å². The fraction of sp³-hybridized carbons (Fsp3) is 0.312. The van der Waals surface area contributed by atoms with Crippen LogP contribution in [0.25, 0.3) is 5.65 Å². The van der Waals surface area contributed by atoms with Crippen LogP contribution in [0.15, 0.2) is 35.5 Å². The Labute approximate surface area is 174 Å². The van der Waals surface area contributed by atoms with E-state index < -0.39 is 11.7 Å². The van der Waals surface area contributed by atoms with Crippen molar-refractivity contribution in [3.05, 3.63) is 51.6 Å². The minimum absolute atomic E-state index is 0. The quantitative estimate of drug-likeness (QED) is 0.320. The second-order valence-electron chi connectivity index (χ2n) is 5.55. The summed E-state index contributed by atoms with van der Waals surface area (Å²) < 4.78 is 40.0. The molecule has 0 spiro atoms. The van der Waals surface area contributed by atoms with E-state index in [4.69, 9.17) is 0 Å². The van der Waals surface area contributed by atoms with Crippen molar-refractivity contribution < 1.29 is 13.2 Å². The summed E-state index contributed by atoms with van der Waals surface area (Å²) in [7, 11) is 1.62. The van der Waals surface area contributed by atoms with E-state index in [2.05, 4.69) is 25.8 Å². The van der Waals surface area contributed by atoms with Gasteiger partial charge in [0.2, 0.25) is 0 Å². The highest BCUT2D eigenvalue weighted by Crippen LogP contribution is 2.29. The van der Waals surface area contributed by atoms with Gasteiger partial charge in [-0.3, -0.25) is 9.39 Å². The molecule has 0 saturated heterocycles. The summed E-state index contributed by atoms with van der Waals surface area (Å²) in [5, 5.41) is 14.0. The summed E-state index contributed by atoms with van der Waals surface area (Å²) in [5.41, 5.74) is -0.395. The summed E-state index contributed by atoms with van der Waals surface area (Å²) in [6.07, 6.45) is -3.42. The first-order chi connectivity index (χ1) is 12.4. The first-order valence-electron chi connectivity index (χ1n) is 7.77. The van der Waals surface area contributed by atoms with Crippen LogP contribution in [-0.2, 0) is 19.3 Å². The molecule has 2 N–H and O–H groups in total. The molecule has 6 nitrogen and oxygen atoms in total. The minimum Gasteiger partial charge on any atom is -0.352 e. The summed E-state index contributed by atoms with van der Waals surface area (Å²) in [5.74, 6) is 0.890. The number of alkyl halides is 3. The van der Waals surface area contributed by atoms with Crippen molar-refractivity contribution >= 4 is 46.9 Å². The summed E-state index contributed by atoms with van der Waals surface area (Å²) in [4.78, 5) is 6.49. The molecule has 3 rings (SSSR count). The van der Waals surface area contributed by atoms with Crippen molar-refractivity contribution in [2.75, 3.05) is 7.05 Å². The topological polar surface area (TPSA) is 66.6 Å². The number of pyridine rings is 1. The SMILES string of the molecule is CN=C(NCc1ccc(C)s1)NCc1nnc2ccc(C(F)(F)F)cn12.I. The zero-order chi connectivity index (χ0) is 18.7. The van der Waals surface area contributed by atoms with E-state index >= 15 is 0 Å². The fourth-order valence-corrected chi connectivity index (χ4v) is 3.19. The van der Waals surface area contributed by atoms with Gasteiger partial charge in [-0.1, -0.05) is 0 Å². The highest BCUT2D eigenvalue weighted by Gasteiger charge is 2.31. The molecule has 11 heteroatoms. The Morgan fingerprint density at radius 1 is 1.15 bits per heavy atom. The molecule has 146 valence electrons. The molecule has 3 aromatic heterocycles. The summed E-state index contributed by atoms with van der Waals surface area (Å²) >= 11 is 1.68. The predicted molar refractivity (Wildman–Crippen MR) is 109 cm³/mol. The average molecular weight is 510 g/mol. The lowest BCUT2D eigenvalue weighted by molar-refractivity contribution is -0.137. The maximum Gasteiger partial charge on any atom is 0.417 e. The first kappa shape index (κ1) is 21.4. The Balaban J connectivity index is 0.00000261. The van der Waals surface area contributed by atoms with Crippen molar-refractivity contribution in [1.82, 2.24) is 25.2 Å². The van der Waals surface area contributed by atoms with Gasteiger partial charge in [0.1, 0.15) is 0 Å². The minimum atomic E-state index is -4.42. The third kappa shape index (κ3) is 5.31. The first-order valence-corrected chi connectivity index (χ1v) is 8.59. The van der Waals surface area contributed by atoms with Crippen molar-refractivity contribution in [2.24, 2.45) is 4.99 Å². The summed E-state index contributed by atoms with van der Waals surface area (Å²) in [6, 6.07) is 6.36. The number of hydrogen-bond donors (Lipinski definition) is 2. The number of nitrogens with zero attached hydrogens (tertiary/aromatic N) is 4. The molecule has 0 unspecified atom stereocenters. The van der Waals surface area contributed by atoms with Crippen molar-refractivity contribution in [3.8, 4) is 0 Å². The maximum absolute atomic E-state index is 12.9. The van der Waals surface area contributed by atoms with Crippen LogP contribution in [0.5, 0.6) is 0 Å². The lowest BCUT2D eigenvalue weighted by Crippen LogP contribution is -2.36. The second kappa shape index (κ2) is 8.87. The van der Waals surface area contributed by atoms with Crippen LogP contribution >= 0.6 is 35.3 Å². The Morgan fingerprint density at radius 3 is 2.52 bits per heavy atom. The molecule has 0 aliphatic carbocycles. The highest BCUT2D eigenvalue weighted by atomic mass is 127. The number of rotatable bonds is 4. The highest BCUT2D eigenvalue weighted by molar-refractivity contribution is 14.0. The number of aromatic nitrogens is 3. The maximum atomic E-state index is 12.9. The van der Waals surface area contributed by atoms with E-state index in [9.17, 15) is 13.2 Å². The molecule has 0 atom stereocenters. The Kier molecular flexibility index (Phi) is 7.03. The Hall–Kier alpha value is -1.89. The monoisotopic (exact) mass is 510 g/mol. The molecule has 0 aliphatic heterocycles. The van der Waals surface area contributed by atoms with E-state index in [1.165, 1.54) is 15.3 Å². The van der Waals surface area contributed by atoms with Gasteiger partial charge in [0.25, 0.3) is 0 Å². The molecular formula is C16H18F3IN6S. The van der Waals surface area contributed by atoms with Gasteiger partial charge in [-0.15, -0.1) is 45.5 Å². The van der Waals surface area contributed by atoms with E-state index in [1.54, 1.807) is 18.4 Å². The lowest BCUT2D eigenvalue weighted by atomic mass is 10.3. The van der Waals surface area contributed by atoms with Crippen LogP contribution in [0, 0.1) is 6.92 Å². The average Bonchev–Trinajstić information content (AvgIpc) is 3.20. The van der Waals surface area contributed by atoms with Crippen LogP contribution in [0.4, 0.5) is 13.2 Å². The summed E-state index contributed by atoms with van der Waals surface area (Å²) in [6.45, 7) is 2.83. The third-order valence-corrected chi connectivity index (χ3v) is 4.66. The number of nitrogens with one attached hydrogen (secondary N) is 2. The third-order valence-electron chi connectivity index (χ3n) is 3.66. The molecule has 0 aliphatic rings. The molecule has 27 heavy (non-hydrogen) atoms. The van der Waals surface area contributed by atoms with E-state index in [1.807, 2.05) is 19.1 Å². The molecule has 0 bridgehead atoms. The Bertz CT molecular complexity index is 934. The molecular weight excluding hydrogens is 492 g/mol. The van der Waals surface area contributed by atoms with Crippen LogP contribution in [0.3, 0.4) is 0 Å².